The fourth-order valence-corrected chi connectivity index (χ4v) is 2.48. The van der Waals surface area contributed by atoms with E-state index in [0.717, 1.165) is 10.9 Å². The van der Waals surface area contributed by atoms with Crippen molar-refractivity contribution >= 4 is 45.2 Å². The summed E-state index contributed by atoms with van der Waals surface area (Å²) in [7, 11) is 0. The van der Waals surface area contributed by atoms with Crippen LogP contribution in [0.4, 0.5) is 0 Å². The molecule has 0 radical (unpaired) electrons. The van der Waals surface area contributed by atoms with Gasteiger partial charge in [-0.2, -0.15) is 0 Å². The van der Waals surface area contributed by atoms with Crippen LogP contribution in [0.5, 0.6) is 0 Å². The number of rotatable bonds is 0. The first-order valence-corrected chi connectivity index (χ1v) is 6.04. The van der Waals surface area contributed by atoms with E-state index in [1.807, 2.05) is 24.3 Å². The Hall–Kier alpha value is -2.54. The lowest BCUT2D eigenvalue weighted by molar-refractivity contribution is 1.05. The normalized spacial score (nSPS) is 11.6. The Balaban J connectivity index is 2.38. The van der Waals surface area contributed by atoms with Crippen LogP contribution >= 0.6 is 12.2 Å². The first-order chi connectivity index (χ1) is 9.24. The zero-order valence-electron chi connectivity index (χ0n) is 9.52. The van der Waals surface area contributed by atoms with Crippen LogP contribution in [0.3, 0.4) is 0 Å². The molecule has 0 spiro atoms. The molecule has 4 rings (SSSR count). The van der Waals surface area contributed by atoms with Gasteiger partial charge in [-0.3, -0.25) is 9.78 Å². The van der Waals surface area contributed by atoms with Crippen molar-refractivity contribution in [3.8, 4) is 0 Å². The molecule has 3 aromatic heterocycles. The number of para-hydroxylation sites is 1. The Labute approximate surface area is 110 Å². The number of aromatic amines is 3. The van der Waals surface area contributed by atoms with Crippen LogP contribution in [0.1, 0.15) is 0 Å². The highest BCUT2D eigenvalue weighted by Crippen LogP contribution is 2.25. The molecule has 0 amide bonds. The average molecular weight is 269 g/mol. The van der Waals surface area contributed by atoms with Gasteiger partial charge in [0, 0.05) is 10.9 Å². The molecule has 7 heteroatoms. The van der Waals surface area contributed by atoms with Gasteiger partial charge in [-0.25, -0.2) is 0 Å². The summed E-state index contributed by atoms with van der Waals surface area (Å²) in [4.78, 5) is 20.7. The summed E-state index contributed by atoms with van der Waals surface area (Å²) in [6, 6.07) is 7.71. The molecule has 3 N–H and O–H groups in total. The minimum atomic E-state index is -0.273. The van der Waals surface area contributed by atoms with E-state index in [-0.39, 0.29) is 10.3 Å². The van der Waals surface area contributed by atoms with Gasteiger partial charge in [0.1, 0.15) is 10.9 Å². The minimum absolute atomic E-state index is 0.238. The van der Waals surface area contributed by atoms with E-state index in [2.05, 4.69) is 25.1 Å². The molecule has 0 aliphatic heterocycles. The second kappa shape index (κ2) is 3.48. The monoisotopic (exact) mass is 269 g/mol. The Morgan fingerprint density at radius 3 is 2.79 bits per heavy atom. The summed E-state index contributed by atoms with van der Waals surface area (Å²) < 4.78 is 0.238. The van der Waals surface area contributed by atoms with Crippen molar-refractivity contribution in [3.05, 3.63) is 39.4 Å². The van der Waals surface area contributed by atoms with Crippen molar-refractivity contribution in [2.45, 2.75) is 0 Å². The number of hydrogen-bond acceptors (Lipinski definition) is 4. The Morgan fingerprint density at radius 1 is 1.05 bits per heavy atom. The lowest BCUT2D eigenvalue weighted by Gasteiger charge is -1.96. The molecule has 1 aromatic carbocycles. The van der Waals surface area contributed by atoms with Crippen LogP contribution in [-0.4, -0.2) is 25.1 Å². The van der Waals surface area contributed by atoms with Crippen LogP contribution < -0.4 is 5.56 Å². The second-order valence-corrected chi connectivity index (χ2v) is 4.63. The van der Waals surface area contributed by atoms with E-state index in [1.165, 1.54) is 0 Å². The van der Waals surface area contributed by atoms with Gasteiger partial charge in [0.15, 0.2) is 10.4 Å². The molecule has 0 fully saturated rings. The van der Waals surface area contributed by atoms with Crippen molar-refractivity contribution in [2.24, 2.45) is 0 Å². The standard InChI is InChI=1S/C12H7N5OS/c18-11-7-9-8(5-3-1-2-4-6(5)13-9)16-17-10(7)14-12(19)15-11/h1-4,13H,(H2,14,15,17,18,19). The summed E-state index contributed by atoms with van der Waals surface area (Å²) in [5, 5.41) is 9.59. The summed E-state index contributed by atoms with van der Waals surface area (Å²) in [6.45, 7) is 0. The first kappa shape index (κ1) is 10.4. The van der Waals surface area contributed by atoms with Gasteiger partial charge in [-0.15, -0.1) is 10.2 Å². The zero-order valence-corrected chi connectivity index (χ0v) is 10.3. The number of aromatic nitrogens is 5. The highest BCUT2D eigenvalue weighted by molar-refractivity contribution is 7.71. The predicted octanol–water partition coefficient (Wildman–Crippen LogP) is 2.01. The van der Waals surface area contributed by atoms with E-state index in [1.54, 1.807) is 0 Å². The Kier molecular flexibility index (Phi) is 1.91. The maximum absolute atomic E-state index is 12.1. The lowest BCUT2D eigenvalue weighted by atomic mass is 10.2. The van der Waals surface area contributed by atoms with E-state index in [9.17, 15) is 4.79 Å². The number of nitrogens with one attached hydrogen (secondary N) is 3. The van der Waals surface area contributed by atoms with Crippen molar-refractivity contribution in [3.63, 3.8) is 0 Å². The smallest absolute Gasteiger partial charge is 0.263 e. The molecule has 0 bridgehead atoms. The zero-order chi connectivity index (χ0) is 13.0. The minimum Gasteiger partial charge on any atom is -0.352 e. The third-order valence-corrected chi connectivity index (χ3v) is 3.31. The highest BCUT2D eigenvalue weighted by atomic mass is 32.1. The number of H-pyrrole nitrogens is 3. The Morgan fingerprint density at radius 2 is 1.89 bits per heavy atom. The van der Waals surface area contributed by atoms with E-state index < -0.39 is 0 Å². The van der Waals surface area contributed by atoms with Crippen molar-refractivity contribution in [1.82, 2.24) is 25.1 Å². The van der Waals surface area contributed by atoms with Crippen molar-refractivity contribution in [2.75, 3.05) is 0 Å². The van der Waals surface area contributed by atoms with Gasteiger partial charge in [0.05, 0.1) is 5.52 Å². The third kappa shape index (κ3) is 1.36. The Bertz CT molecular complexity index is 1060. The topological polar surface area (TPSA) is 90.2 Å². The lowest BCUT2D eigenvalue weighted by Crippen LogP contribution is -2.09. The number of hydrogen-bond donors (Lipinski definition) is 3. The molecule has 4 aromatic rings. The maximum atomic E-state index is 12.1. The second-order valence-electron chi connectivity index (χ2n) is 4.23. The molecule has 0 saturated heterocycles. The molecular weight excluding hydrogens is 262 g/mol. The quantitative estimate of drug-likeness (QED) is 0.426. The molecule has 3 heterocycles. The van der Waals surface area contributed by atoms with Gasteiger partial charge in [-0.05, 0) is 18.3 Å². The molecule has 0 saturated carbocycles. The third-order valence-electron chi connectivity index (χ3n) is 3.10. The summed E-state index contributed by atoms with van der Waals surface area (Å²) in [5.74, 6) is 0. The van der Waals surface area contributed by atoms with E-state index >= 15 is 0 Å². The SMILES string of the molecule is O=c1[nH]c(=S)[nH]c2nnc3c4ccccc4[nH]c3c12. The number of fused-ring (bicyclic) bond motifs is 5. The molecule has 19 heavy (non-hydrogen) atoms. The van der Waals surface area contributed by atoms with E-state index in [4.69, 9.17) is 12.2 Å². The molecule has 92 valence electrons. The van der Waals surface area contributed by atoms with Crippen LogP contribution in [0.15, 0.2) is 29.1 Å². The van der Waals surface area contributed by atoms with Crippen molar-refractivity contribution in [1.29, 1.82) is 0 Å². The maximum Gasteiger partial charge on any atom is 0.263 e. The molecule has 0 aliphatic carbocycles. The summed E-state index contributed by atoms with van der Waals surface area (Å²) in [6.07, 6.45) is 0. The fraction of sp³-hybridized carbons (Fsp3) is 0. The van der Waals surface area contributed by atoms with Gasteiger partial charge < -0.3 is 9.97 Å². The number of benzene rings is 1. The largest absolute Gasteiger partial charge is 0.352 e. The summed E-state index contributed by atoms with van der Waals surface area (Å²) >= 11 is 4.92. The van der Waals surface area contributed by atoms with Gasteiger partial charge >= 0.3 is 0 Å². The average Bonchev–Trinajstić information content (AvgIpc) is 2.76. The molecular formula is C12H7N5OS. The van der Waals surface area contributed by atoms with Crippen molar-refractivity contribution < 1.29 is 0 Å². The van der Waals surface area contributed by atoms with Gasteiger partial charge in [0.2, 0.25) is 0 Å². The van der Waals surface area contributed by atoms with Crippen LogP contribution in [0.25, 0.3) is 33.0 Å². The van der Waals surface area contributed by atoms with Gasteiger partial charge in [0.25, 0.3) is 5.56 Å². The highest BCUT2D eigenvalue weighted by Gasteiger charge is 2.12. The van der Waals surface area contributed by atoms with Crippen LogP contribution in [-0.2, 0) is 0 Å². The number of nitrogens with zero attached hydrogens (tertiary/aromatic N) is 2. The summed E-state index contributed by atoms with van der Waals surface area (Å²) in [5.41, 5.74) is 2.37. The molecule has 0 atom stereocenters. The predicted molar refractivity (Wildman–Crippen MR) is 74.7 cm³/mol. The molecule has 0 aliphatic rings. The molecule has 0 unspecified atom stereocenters. The fourth-order valence-electron chi connectivity index (χ4n) is 2.29. The molecule has 6 nitrogen and oxygen atoms in total. The first-order valence-electron chi connectivity index (χ1n) is 5.63. The van der Waals surface area contributed by atoms with E-state index in [0.29, 0.717) is 22.1 Å². The van der Waals surface area contributed by atoms with Crippen LogP contribution in [0, 0.1) is 4.77 Å². The van der Waals surface area contributed by atoms with Crippen LogP contribution in [0.2, 0.25) is 0 Å². The van der Waals surface area contributed by atoms with Gasteiger partial charge in [-0.1, -0.05) is 18.2 Å².